The van der Waals surface area contributed by atoms with Crippen LogP contribution in [0.3, 0.4) is 0 Å². The van der Waals surface area contributed by atoms with Gasteiger partial charge in [0.2, 0.25) is 0 Å². The summed E-state index contributed by atoms with van der Waals surface area (Å²) in [6.07, 6.45) is 4.27. The summed E-state index contributed by atoms with van der Waals surface area (Å²) >= 11 is 1.75. The number of nitrogens with one attached hydrogen (secondary N) is 1. The van der Waals surface area contributed by atoms with Crippen LogP contribution >= 0.6 is 11.3 Å². The van der Waals surface area contributed by atoms with Crippen LogP contribution in [0.4, 0.5) is 5.82 Å². The van der Waals surface area contributed by atoms with Crippen LogP contribution in [-0.2, 0) is 0 Å². The number of anilines is 1. The summed E-state index contributed by atoms with van der Waals surface area (Å²) in [7, 11) is 0. The quantitative estimate of drug-likeness (QED) is 0.921. The number of thiophene rings is 1. The zero-order valence-electron chi connectivity index (χ0n) is 12.9. The van der Waals surface area contributed by atoms with E-state index >= 15 is 0 Å². The molecule has 1 unspecified atom stereocenters. The minimum absolute atomic E-state index is 0.720. The van der Waals surface area contributed by atoms with Crippen LogP contribution in [0.15, 0.2) is 17.8 Å². The number of rotatable bonds is 5. The standard InChI is InChI=1S/C16H24N4S/c1-12(2)8-17-9-13-4-3-6-20(10-13)16-15-14(5-7-21-15)18-11-19-16/h5,7,11-13,17H,3-4,6,8-10H2,1-2H3. The minimum atomic E-state index is 0.720. The summed E-state index contributed by atoms with van der Waals surface area (Å²) in [5, 5.41) is 5.71. The molecular weight excluding hydrogens is 280 g/mol. The fourth-order valence-corrected chi connectivity index (χ4v) is 3.86. The van der Waals surface area contributed by atoms with Crippen molar-refractivity contribution in [3.05, 3.63) is 17.8 Å². The van der Waals surface area contributed by atoms with E-state index < -0.39 is 0 Å². The average Bonchev–Trinajstić information content (AvgIpc) is 2.95. The highest BCUT2D eigenvalue weighted by Gasteiger charge is 2.22. The molecule has 2 aromatic rings. The first-order valence-corrected chi connectivity index (χ1v) is 8.76. The van der Waals surface area contributed by atoms with E-state index in [2.05, 4.69) is 45.5 Å². The molecule has 0 amide bonds. The lowest BCUT2D eigenvalue weighted by molar-refractivity contribution is 0.381. The second kappa shape index (κ2) is 6.71. The van der Waals surface area contributed by atoms with Gasteiger partial charge in [0, 0.05) is 13.1 Å². The van der Waals surface area contributed by atoms with Gasteiger partial charge >= 0.3 is 0 Å². The molecule has 0 radical (unpaired) electrons. The molecule has 1 N–H and O–H groups in total. The summed E-state index contributed by atoms with van der Waals surface area (Å²) in [5.74, 6) is 2.57. The third-order valence-electron chi connectivity index (χ3n) is 4.03. The van der Waals surface area contributed by atoms with Crippen molar-refractivity contribution in [2.45, 2.75) is 26.7 Å². The van der Waals surface area contributed by atoms with Crippen LogP contribution < -0.4 is 10.2 Å². The van der Waals surface area contributed by atoms with Crippen molar-refractivity contribution < 1.29 is 0 Å². The molecule has 0 spiro atoms. The van der Waals surface area contributed by atoms with Crippen LogP contribution in [0.1, 0.15) is 26.7 Å². The van der Waals surface area contributed by atoms with Gasteiger partial charge in [-0.1, -0.05) is 13.8 Å². The maximum atomic E-state index is 4.55. The van der Waals surface area contributed by atoms with Crippen molar-refractivity contribution in [3.63, 3.8) is 0 Å². The van der Waals surface area contributed by atoms with Crippen molar-refractivity contribution >= 4 is 27.4 Å². The van der Waals surface area contributed by atoms with Gasteiger partial charge in [-0.05, 0) is 49.2 Å². The molecule has 5 heteroatoms. The molecular formula is C16H24N4S. The van der Waals surface area contributed by atoms with E-state index in [1.54, 1.807) is 17.7 Å². The molecule has 1 atom stereocenters. The molecule has 4 nitrogen and oxygen atoms in total. The van der Waals surface area contributed by atoms with Crippen molar-refractivity contribution in [3.8, 4) is 0 Å². The van der Waals surface area contributed by atoms with E-state index in [1.807, 2.05) is 0 Å². The normalized spacial score (nSPS) is 19.6. The summed E-state index contributed by atoms with van der Waals surface area (Å²) in [4.78, 5) is 11.3. The van der Waals surface area contributed by atoms with Gasteiger partial charge < -0.3 is 10.2 Å². The monoisotopic (exact) mass is 304 g/mol. The van der Waals surface area contributed by atoms with E-state index in [-0.39, 0.29) is 0 Å². The van der Waals surface area contributed by atoms with Crippen molar-refractivity contribution in [2.24, 2.45) is 11.8 Å². The summed E-state index contributed by atoms with van der Waals surface area (Å²) in [6, 6.07) is 2.08. The van der Waals surface area contributed by atoms with Crippen LogP contribution in [-0.4, -0.2) is 36.1 Å². The Labute approximate surface area is 130 Å². The number of hydrogen-bond acceptors (Lipinski definition) is 5. The van der Waals surface area contributed by atoms with Gasteiger partial charge in [0.1, 0.15) is 12.1 Å². The fraction of sp³-hybridized carbons (Fsp3) is 0.625. The van der Waals surface area contributed by atoms with Gasteiger partial charge in [0.15, 0.2) is 0 Å². The Balaban J connectivity index is 1.67. The van der Waals surface area contributed by atoms with Crippen LogP contribution in [0.2, 0.25) is 0 Å². The van der Waals surface area contributed by atoms with Crippen LogP contribution in [0.25, 0.3) is 10.2 Å². The van der Waals surface area contributed by atoms with Gasteiger partial charge in [-0.2, -0.15) is 0 Å². The van der Waals surface area contributed by atoms with E-state index in [0.717, 1.165) is 49.3 Å². The van der Waals surface area contributed by atoms with E-state index in [1.165, 1.54) is 17.5 Å². The van der Waals surface area contributed by atoms with Crippen molar-refractivity contribution in [2.75, 3.05) is 31.1 Å². The Hall–Kier alpha value is -1.20. The van der Waals surface area contributed by atoms with Crippen molar-refractivity contribution in [1.29, 1.82) is 0 Å². The highest BCUT2D eigenvalue weighted by atomic mass is 32.1. The Morgan fingerprint density at radius 3 is 3.19 bits per heavy atom. The Morgan fingerprint density at radius 2 is 2.33 bits per heavy atom. The first-order chi connectivity index (χ1) is 10.2. The lowest BCUT2D eigenvalue weighted by atomic mass is 9.98. The van der Waals surface area contributed by atoms with Crippen molar-refractivity contribution in [1.82, 2.24) is 15.3 Å². The lowest BCUT2D eigenvalue weighted by Crippen LogP contribution is -2.40. The van der Waals surface area contributed by atoms with Gasteiger partial charge in [-0.25, -0.2) is 9.97 Å². The second-order valence-corrected chi connectivity index (χ2v) is 7.25. The predicted octanol–water partition coefficient (Wildman–Crippen LogP) is 3.15. The van der Waals surface area contributed by atoms with Gasteiger partial charge in [-0.15, -0.1) is 11.3 Å². The third kappa shape index (κ3) is 3.52. The molecule has 1 fully saturated rings. The predicted molar refractivity (Wildman–Crippen MR) is 90.1 cm³/mol. The first-order valence-electron chi connectivity index (χ1n) is 7.88. The van der Waals surface area contributed by atoms with E-state index in [0.29, 0.717) is 0 Å². The molecule has 3 heterocycles. The number of piperidine rings is 1. The highest BCUT2D eigenvalue weighted by Crippen LogP contribution is 2.30. The van der Waals surface area contributed by atoms with Crippen LogP contribution in [0, 0.1) is 11.8 Å². The Kier molecular flexibility index (Phi) is 4.70. The van der Waals surface area contributed by atoms with E-state index in [4.69, 9.17) is 0 Å². The zero-order chi connectivity index (χ0) is 14.7. The molecule has 0 aliphatic carbocycles. The Bertz CT molecular complexity index is 580. The maximum absolute atomic E-state index is 4.55. The number of fused-ring (bicyclic) bond motifs is 1. The number of hydrogen-bond donors (Lipinski definition) is 1. The number of aromatic nitrogens is 2. The molecule has 1 aliphatic heterocycles. The zero-order valence-corrected chi connectivity index (χ0v) is 13.7. The Morgan fingerprint density at radius 1 is 1.43 bits per heavy atom. The summed E-state index contributed by atoms with van der Waals surface area (Å²) in [6.45, 7) is 8.97. The molecule has 0 saturated carbocycles. The topological polar surface area (TPSA) is 41.0 Å². The van der Waals surface area contributed by atoms with Gasteiger partial charge in [0.05, 0.1) is 10.2 Å². The molecule has 2 aromatic heterocycles. The second-order valence-electron chi connectivity index (χ2n) is 6.34. The first kappa shape index (κ1) is 14.7. The molecule has 0 aromatic carbocycles. The van der Waals surface area contributed by atoms with Crippen LogP contribution in [0.5, 0.6) is 0 Å². The van der Waals surface area contributed by atoms with Gasteiger partial charge in [-0.3, -0.25) is 0 Å². The molecule has 114 valence electrons. The smallest absolute Gasteiger partial charge is 0.150 e. The summed E-state index contributed by atoms with van der Waals surface area (Å²) < 4.78 is 1.23. The maximum Gasteiger partial charge on any atom is 0.150 e. The van der Waals surface area contributed by atoms with E-state index in [9.17, 15) is 0 Å². The third-order valence-corrected chi connectivity index (χ3v) is 4.93. The largest absolute Gasteiger partial charge is 0.355 e. The molecule has 1 saturated heterocycles. The molecule has 0 bridgehead atoms. The number of nitrogens with zero attached hydrogens (tertiary/aromatic N) is 3. The van der Waals surface area contributed by atoms with Gasteiger partial charge in [0.25, 0.3) is 0 Å². The lowest BCUT2D eigenvalue weighted by Gasteiger charge is -2.34. The molecule has 1 aliphatic rings. The minimum Gasteiger partial charge on any atom is -0.355 e. The summed E-state index contributed by atoms with van der Waals surface area (Å²) in [5.41, 5.74) is 1.07. The molecule has 3 rings (SSSR count). The average molecular weight is 304 g/mol. The SMILES string of the molecule is CC(C)CNCC1CCCN(c2ncnc3ccsc23)C1. The fourth-order valence-electron chi connectivity index (χ4n) is 3.00. The highest BCUT2D eigenvalue weighted by molar-refractivity contribution is 7.17. The molecule has 21 heavy (non-hydrogen) atoms.